The molecule has 1 aliphatic heterocycles. The zero-order valence-electron chi connectivity index (χ0n) is 25.7. The van der Waals surface area contributed by atoms with Crippen LogP contribution in [0.1, 0.15) is 58.8 Å². The molecule has 2 heterocycles. The first-order chi connectivity index (χ1) is 21.2. The van der Waals surface area contributed by atoms with E-state index in [9.17, 15) is 33.9 Å². The predicted octanol–water partition coefficient (Wildman–Crippen LogP) is -0.211. The molecule has 1 aromatic heterocycles. The lowest BCUT2D eigenvalue weighted by Gasteiger charge is -2.27. The number of para-hydroxylation sites is 1. The maximum absolute atomic E-state index is 13.5. The van der Waals surface area contributed by atoms with Crippen molar-refractivity contribution < 1.29 is 38.6 Å². The van der Waals surface area contributed by atoms with E-state index in [1.54, 1.807) is 58.9 Å². The number of tetrazole rings is 1. The number of benzene rings is 1. The van der Waals surface area contributed by atoms with Crippen molar-refractivity contribution in [3.05, 3.63) is 35.7 Å². The number of hydrogen-bond acceptors (Lipinski definition) is 10. The summed E-state index contributed by atoms with van der Waals surface area (Å²) in [5, 5.41) is 32.7. The number of ether oxygens (including phenoxy) is 1. The summed E-state index contributed by atoms with van der Waals surface area (Å²) < 4.78 is 5.07. The van der Waals surface area contributed by atoms with Gasteiger partial charge < -0.3 is 31.1 Å². The lowest BCUT2D eigenvalue weighted by Crippen LogP contribution is -2.55. The SMILES string of the molecule is CCC(C)C(NC(=O)CC(NC(=O)OC(C)(C)C)C(=O)O)C(=O)NCC(=O)N1c2ccccc2CC1C(=O)NCc1nn[nH]n1. The number of fused-ring (bicyclic) bond motifs is 1. The van der Waals surface area contributed by atoms with Crippen LogP contribution in [-0.2, 0) is 41.7 Å². The standard InChI is InChI=1S/C28H39N9O8/c1-6-15(2)23(32-21(38)12-17(26(42)43)31-27(44)45-28(3,4)5)25(41)30-14-22(39)37-18-10-8-7-9-16(18)11-19(37)24(40)29-13-20-33-35-36-34-20/h7-10,15,17,19,23H,6,11-14H2,1-5H3,(H,29,40)(H,30,41)(H,31,44)(H,32,38)(H,42,43)(H,33,34,35,36). The van der Waals surface area contributed by atoms with Crippen LogP contribution in [0.4, 0.5) is 10.5 Å². The molecule has 4 atom stereocenters. The summed E-state index contributed by atoms with van der Waals surface area (Å²) in [4.78, 5) is 77.7. The summed E-state index contributed by atoms with van der Waals surface area (Å²) in [5.74, 6) is -4.10. The van der Waals surface area contributed by atoms with Gasteiger partial charge in [0.2, 0.25) is 23.6 Å². The second kappa shape index (κ2) is 15.1. The minimum absolute atomic E-state index is 0.00669. The molecular formula is C28H39N9O8. The number of aliphatic carboxylic acids is 1. The second-order valence-corrected chi connectivity index (χ2v) is 11.5. The zero-order chi connectivity index (χ0) is 33.3. The highest BCUT2D eigenvalue weighted by Crippen LogP contribution is 2.32. The smallest absolute Gasteiger partial charge is 0.408 e. The molecule has 0 radical (unpaired) electrons. The predicted molar refractivity (Wildman–Crippen MR) is 157 cm³/mol. The largest absolute Gasteiger partial charge is 0.480 e. The van der Waals surface area contributed by atoms with Crippen LogP contribution in [0.5, 0.6) is 0 Å². The molecule has 0 spiro atoms. The molecule has 0 aliphatic carbocycles. The second-order valence-electron chi connectivity index (χ2n) is 11.5. The highest BCUT2D eigenvalue weighted by Gasteiger charge is 2.38. The Bertz CT molecular complexity index is 1390. The molecule has 17 heteroatoms. The van der Waals surface area contributed by atoms with Crippen molar-refractivity contribution >= 4 is 41.4 Å². The van der Waals surface area contributed by atoms with Crippen LogP contribution in [0.2, 0.25) is 0 Å². The van der Waals surface area contributed by atoms with Gasteiger partial charge in [0.25, 0.3) is 0 Å². The molecule has 4 unspecified atom stereocenters. The number of amides is 5. The van der Waals surface area contributed by atoms with Crippen molar-refractivity contribution in [3.63, 3.8) is 0 Å². The first kappa shape index (κ1) is 34.4. The number of nitrogens with one attached hydrogen (secondary N) is 5. The van der Waals surface area contributed by atoms with E-state index in [1.165, 1.54) is 4.90 Å². The summed E-state index contributed by atoms with van der Waals surface area (Å²) in [6.45, 7) is 7.82. The van der Waals surface area contributed by atoms with E-state index >= 15 is 0 Å². The Labute approximate surface area is 259 Å². The highest BCUT2D eigenvalue weighted by atomic mass is 16.6. The van der Waals surface area contributed by atoms with E-state index in [-0.39, 0.29) is 18.8 Å². The van der Waals surface area contributed by atoms with Gasteiger partial charge in [0.05, 0.1) is 19.5 Å². The van der Waals surface area contributed by atoms with Gasteiger partial charge in [-0.05, 0) is 38.3 Å². The molecule has 244 valence electrons. The minimum atomic E-state index is -1.61. The molecule has 17 nitrogen and oxygen atoms in total. The van der Waals surface area contributed by atoms with Crippen molar-refractivity contribution in [3.8, 4) is 0 Å². The molecule has 6 N–H and O–H groups in total. The number of rotatable bonds is 13. The molecule has 1 aliphatic rings. The van der Waals surface area contributed by atoms with Gasteiger partial charge in [0, 0.05) is 12.1 Å². The van der Waals surface area contributed by atoms with Crippen LogP contribution in [0.25, 0.3) is 0 Å². The van der Waals surface area contributed by atoms with Gasteiger partial charge in [0.15, 0.2) is 5.82 Å². The van der Waals surface area contributed by atoms with Gasteiger partial charge in [-0.1, -0.05) is 43.7 Å². The van der Waals surface area contributed by atoms with Crippen LogP contribution in [0, 0.1) is 5.92 Å². The average Bonchev–Trinajstić information content (AvgIpc) is 3.63. The summed E-state index contributed by atoms with van der Waals surface area (Å²) in [5.41, 5.74) is 0.415. The molecule has 1 aromatic carbocycles. The maximum Gasteiger partial charge on any atom is 0.408 e. The number of carbonyl (C=O) groups is 6. The van der Waals surface area contributed by atoms with E-state index in [2.05, 4.69) is 41.9 Å². The molecule has 0 fully saturated rings. The third kappa shape index (κ3) is 9.70. The van der Waals surface area contributed by atoms with Gasteiger partial charge >= 0.3 is 12.1 Å². The van der Waals surface area contributed by atoms with E-state index in [4.69, 9.17) is 4.74 Å². The van der Waals surface area contributed by atoms with Crippen LogP contribution < -0.4 is 26.2 Å². The molecule has 2 aromatic rings. The lowest BCUT2D eigenvalue weighted by atomic mass is 9.98. The topological polar surface area (TPSA) is 238 Å². The number of anilines is 1. The van der Waals surface area contributed by atoms with Crippen molar-refractivity contribution in [2.75, 3.05) is 11.4 Å². The highest BCUT2D eigenvalue weighted by molar-refractivity contribution is 6.05. The number of carboxylic acids is 1. The van der Waals surface area contributed by atoms with Crippen molar-refractivity contribution in [1.82, 2.24) is 41.9 Å². The summed E-state index contributed by atoms with van der Waals surface area (Å²) in [7, 11) is 0. The Balaban J connectivity index is 1.65. The van der Waals surface area contributed by atoms with Gasteiger partial charge in [0.1, 0.15) is 23.7 Å². The molecule has 0 saturated heterocycles. The number of nitrogens with zero attached hydrogens (tertiary/aromatic N) is 4. The maximum atomic E-state index is 13.5. The normalized spacial score (nSPS) is 16.0. The van der Waals surface area contributed by atoms with E-state index < -0.39 is 78.3 Å². The number of carbonyl (C=O) groups excluding carboxylic acids is 5. The molecular weight excluding hydrogens is 590 g/mol. The van der Waals surface area contributed by atoms with Gasteiger partial charge in [-0.25, -0.2) is 9.59 Å². The lowest BCUT2D eigenvalue weighted by molar-refractivity contribution is -0.141. The number of hydrogen-bond donors (Lipinski definition) is 6. The number of alkyl carbamates (subject to hydrolysis) is 1. The first-order valence-corrected chi connectivity index (χ1v) is 14.4. The Morgan fingerprint density at radius 3 is 2.44 bits per heavy atom. The Kier molecular flexibility index (Phi) is 11.5. The third-order valence-electron chi connectivity index (χ3n) is 6.96. The quantitative estimate of drug-likeness (QED) is 0.169. The third-order valence-corrected chi connectivity index (χ3v) is 6.96. The van der Waals surface area contributed by atoms with E-state index in [0.29, 0.717) is 12.1 Å². The Morgan fingerprint density at radius 2 is 1.82 bits per heavy atom. The molecule has 0 bridgehead atoms. The fraction of sp³-hybridized carbons (Fsp3) is 0.536. The summed E-state index contributed by atoms with van der Waals surface area (Å²) in [6, 6.07) is 3.40. The molecule has 3 rings (SSSR count). The van der Waals surface area contributed by atoms with E-state index in [1.807, 2.05) is 0 Å². The van der Waals surface area contributed by atoms with Crippen LogP contribution in [-0.4, -0.2) is 91.7 Å². The molecule has 45 heavy (non-hydrogen) atoms. The van der Waals surface area contributed by atoms with Crippen LogP contribution >= 0.6 is 0 Å². The first-order valence-electron chi connectivity index (χ1n) is 14.4. The van der Waals surface area contributed by atoms with E-state index in [0.717, 1.165) is 5.56 Å². The van der Waals surface area contributed by atoms with Gasteiger partial charge in [-0.3, -0.25) is 24.1 Å². The monoisotopic (exact) mass is 629 g/mol. The van der Waals surface area contributed by atoms with Crippen molar-refractivity contribution in [1.29, 1.82) is 0 Å². The van der Waals surface area contributed by atoms with Gasteiger partial charge in [-0.2, -0.15) is 5.21 Å². The zero-order valence-corrected chi connectivity index (χ0v) is 25.7. The van der Waals surface area contributed by atoms with Crippen molar-refractivity contribution in [2.45, 2.75) is 84.2 Å². The summed E-state index contributed by atoms with van der Waals surface area (Å²) in [6.07, 6.45) is -0.962. The number of aromatic amines is 1. The number of carboxylic acid groups (broad SMARTS) is 1. The average molecular weight is 630 g/mol. The fourth-order valence-electron chi connectivity index (χ4n) is 4.57. The minimum Gasteiger partial charge on any atom is -0.480 e. The Morgan fingerprint density at radius 1 is 1.11 bits per heavy atom. The van der Waals surface area contributed by atoms with Crippen LogP contribution in [0.3, 0.4) is 0 Å². The van der Waals surface area contributed by atoms with Crippen molar-refractivity contribution in [2.24, 2.45) is 5.92 Å². The Hall–Kier alpha value is -5.09. The number of aromatic nitrogens is 4. The fourth-order valence-corrected chi connectivity index (χ4v) is 4.57. The molecule has 0 saturated carbocycles. The van der Waals surface area contributed by atoms with Crippen LogP contribution in [0.15, 0.2) is 24.3 Å². The van der Waals surface area contributed by atoms with Gasteiger partial charge in [-0.15, -0.1) is 10.2 Å². The summed E-state index contributed by atoms with van der Waals surface area (Å²) >= 11 is 0. The number of H-pyrrole nitrogens is 1. The molecule has 5 amide bonds.